The number of anilines is 1. The average molecular weight is 299 g/mol. The van der Waals surface area contributed by atoms with Gasteiger partial charge in [0.25, 0.3) is 0 Å². The number of sulfonamides is 1. The Kier molecular flexibility index (Phi) is 4.52. The number of benzene rings is 1. The summed E-state index contributed by atoms with van der Waals surface area (Å²) in [5, 5.41) is 0. The van der Waals surface area contributed by atoms with Gasteiger partial charge in [0.2, 0.25) is 10.0 Å². The van der Waals surface area contributed by atoms with Crippen LogP contribution in [0.5, 0.6) is 5.75 Å². The van der Waals surface area contributed by atoms with E-state index in [4.69, 9.17) is 10.5 Å². The molecule has 0 aromatic heterocycles. The number of rotatable bonds is 5. The zero-order valence-corrected chi connectivity index (χ0v) is 12.6. The van der Waals surface area contributed by atoms with Gasteiger partial charge >= 0.3 is 0 Å². The summed E-state index contributed by atoms with van der Waals surface area (Å²) >= 11 is 0. The fourth-order valence-electron chi connectivity index (χ4n) is 2.42. The number of likely N-dealkylation sites (N-methyl/N-ethyl adjacent to an activating group) is 1. The zero-order valence-electron chi connectivity index (χ0n) is 11.8. The van der Waals surface area contributed by atoms with Crippen molar-refractivity contribution < 1.29 is 13.2 Å². The molecule has 0 bridgehead atoms. The highest BCUT2D eigenvalue weighted by atomic mass is 32.2. The van der Waals surface area contributed by atoms with Gasteiger partial charge < -0.3 is 15.4 Å². The number of nitrogen functional groups attached to an aromatic ring is 1. The fraction of sp³-hybridized carbons (Fsp3) is 0.538. The van der Waals surface area contributed by atoms with E-state index in [-0.39, 0.29) is 16.6 Å². The Hall–Kier alpha value is -1.31. The molecule has 0 radical (unpaired) electrons. The van der Waals surface area contributed by atoms with Crippen LogP contribution in [0.15, 0.2) is 23.1 Å². The summed E-state index contributed by atoms with van der Waals surface area (Å²) < 4.78 is 32.2. The number of methoxy groups -OCH3 is 1. The van der Waals surface area contributed by atoms with Crippen molar-refractivity contribution in [2.45, 2.75) is 23.8 Å². The van der Waals surface area contributed by atoms with Crippen molar-refractivity contribution in [2.24, 2.45) is 0 Å². The van der Waals surface area contributed by atoms with Gasteiger partial charge in [0.05, 0.1) is 12.8 Å². The molecule has 0 amide bonds. The van der Waals surface area contributed by atoms with Crippen LogP contribution in [0.3, 0.4) is 0 Å². The second-order valence-corrected chi connectivity index (χ2v) is 6.77. The van der Waals surface area contributed by atoms with Crippen LogP contribution in [0.25, 0.3) is 0 Å². The van der Waals surface area contributed by atoms with Crippen molar-refractivity contribution in [1.82, 2.24) is 9.62 Å². The molecule has 1 aliphatic heterocycles. The standard InChI is InChI=1S/C13H21N3O3S/c1-16-7-3-4-10(16)9-15-20(17,18)13-6-5-11(19-2)8-12(13)14/h5-6,8,10,15H,3-4,7,9,14H2,1-2H3. The van der Waals surface area contributed by atoms with Crippen LogP contribution in [0.1, 0.15) is 12.8 Å². The Morgan fingerprint density at radius 3 is 2.80 bits per heavy atom. The molecule has 1 aliphatic rings. The van der Waals surface area contributed by atoms with Crippen LogP contribution < -0.4 is 15.2 Å². The van der Waals surface area contributed by atoms with Gasteiger partial charge in [0.1, 0.15) is 10.6 Å². The fourth-order valence-corrected chi connectivity index (χ4v) is 3.60. The second kappa shape index (κ2) is 5.99. The van der Waals surface area contributed by atoms with E-state index in [2.05, 4.69) is 9.62 Å². The summed E-state index contributed by atoms with van der Waals surface area (Å²) in [6.45, 7) is 1.42. The second-order valence-electron chi connectivity index (χ2n) is 5.03. The Bertz CT molecular complexity index is 574. The van der Waals surface area contributed by atoms with E-state index >= 15 is 0 Å². The van der Waals surface area contributed by atoms with Crippen LogP contribution in [0, 0.1) is 0 Å². The Morgan fingerprint density at radius 1 is 1.50 bits per heavy atom. The Morgan fingerprint density at radius 2 is 2.25 bits per heavy atom. The molecule has 7 heteroatoms. The minimum absolute atomic E-state index is 0.0962. The van der Waals surface area contributed by atoms with Crippen molar-refractivity contribution in [3.8, 4) is 5.75 Å². The smallest absolute Gasteiger partial charge is 0.242 e. The molecule has 1 fully saturated rings. The summed E-state index contributed by atoms with van der Waals surface area (Å²) in [5.74, 6) is 0.539. The quantitative estimate of drug-likeness (QED) is 0.780. The molecule has 1 aromatic carbocycles. The number of nitrogens with zero attached hydrogens (tertiary/aromatic N) is 1. The number of hydrogen-bond donors (Lipinski definition) is 2. The van der Waals surface area contributed by atoms with Gasteiger partial charge in [-0.15, -0.1) is 0 Å². The first kappa shape index (κ1) is 15.1. The highest BCUT2D eigenvalue weighted by Crippen LogP contribution is 2.24. The summed E-state index contributed by atoms with van der Waals surface area (Å²) in [4.78, 5) is 2.26. The monoisotopic (exact) mass is 299 g/mol. The van der Waals surface area contributed by atoms with Gasteiger partial charge in [0, 0.05) is 18.7 Å². The highest BCUT2D eigenvalue weighted by Gasteiger charge is 2.24. The van der Waals surface area contributed by atoms with E-state index in [1.54, 1.807) is 6.07 Å². The van der Waals surface area contributed by atoms with E-state index in [0.717, 1.165) is 19.4 Å². The van der Waals surface area contributed by atoms with E-state index < -0.39 is 10.0 Å². The largest absolute Gasteiger partial charge is 0.497 e. The molecule has 6 nitrogen and oxygen atoms in total. The predicted molar refractivity (Wildman–Crippen MR) is 78.2 cm³/mol. The molecule has 1 aromatic rings. The first-order valence-corrected chi connectivity index (χ1v) is 8.06. The zero-order chi connectivity index (χ0) is 14.8. The lowest BCUT2D eigenvalue weighted by atomic mass is 10.2. The van der Waals surface area contributed by atoms with Crippen molar-refractivity contribution >= 4 is 15.7 Å². The topological polar surface area (TPSA) is 84.7 Å². The SMILES string of the molecule is COc1ccc(S(=O)(=O)NCC2CCCN2C)c(N)c1. The first-order valence-electron chi connectivity index (χ1n) is 6.57. The van der Waals surface area contributed by atoms with Gasteiger partial charge in [-0.1, -0.05) is 0 Å². The van der Waals surface area contributed by atoms with Gasteiger partial charge in [-0.3, -0.25) is 0 Å². The summed E-state index contributed by atoms with van der Waals surface area (Å²) in [6, 6.07) is 4.82. The molecule has 20 heavy (non-hydrogen) atoms. The van der Waals surface area contributed by atoms with Crippen LogP contribution in [-0.4, -0.2) is 46.6 Å². The van der Waals surface area contributed by atoms with Crippen LogP contribution in [0.4, 0.5) is 5.69 Å². The molecule has 2 rings (SSSR count). The summed E-state index contributed by atoms with van der Waals surface area (Å²) in [6.07, 6.45) is 2.12. The van der Waals surface area contributed by atoms with E-state index in [9.17, 15) is 8.42 Å². The maximum absolute atomic E-state index is 12.3. The predicted octanol–water partition coefficient (Wildman–Crippen LogP) is 0.650. The molecule has 1 atom stereocenters. The molecule has 0 aliphatic carbocycles. The van der Waals surface area contributed by atoms with Gasteiger partial charge in [-0.25, -0.2) is 13.1 Å². The molecule has 1 unspecified atom stereocenters. The minimum Gasteiger partial charge on any atom is -0.497 e. The lowest BCUT2D eigenvalue weighted by Crippen LogP contribution is -2.38. The molecule has 0 spiro atoms. The van der Waals surface area contributed by atoms with Crippen LogP contribution >= 0.6 is 0 Å². The van der Waals surface area contributed by atoms with Crippen molar-refractivity contribution in [1.29, 1.82) is 0 Å². The molecular weight excluding hydrogens is 278 g/mol. The third-order valence-electron chi connectivity index (χ3n) is 3.69. The molecule has 1 saturated heterocycles. The minimum atomic E-state index is -3.58. The third kappa shape index (κ3) is 3.23. The molecular formula is C13H21N3O3S. The maximum Gasteiger partial charge on any atom is 0.242 e. The van der Waals surface area contributed by atoms with Crippen LogP contribution in [-0.2, 0) is 10.0 Å². The number of likely N-dealkylation sites (tertiary alicyclic amines) is 1. The van der Waals surface area contributed by atoms with E-state index in [0.29, 0.717) is 12.3 Å². The third-order valence-corrected chi connectivity index (χ3v) is 5.18. The summed E-state index contributed by atoms with van der Waals surface area (Å²) in [5.41, 5.74) is 5.98. The van der Waals surface area contributed by atoms with Crippen molar-refractivity contribution in [3.05, 3.63) is 18.2 Å². The van der Waals surface area contributed by atoms with Crippen molar-refractivity contribution in [3.63, 3.8) is 0 Å². The Balaban J connectivity index is 2.10. The molecule has 3 N–H and O–H groups in total. The lowest BCUT2D eigenvalue weighted by molar-refractivity contribution is 0.311. The van der Waals surface area contributed by atoms with E-state index in [1.807, 2.05) is 7.05 Å². The number of ether oxygens (including phenoxy) is 1. The number of hydrogen-bond acceptors (Lipinski definition) is 5. The number of nitrogens with two attached hydrogens (primary N) is 1. The Labute approximate surface area is 120 Å². The summed E-state index contributed by atoms with van der Waals surface area (Å²) in [7, 11) is -0.0654. The van der Waals surface area contributed by atoms with E-state index in [1.165, 1.54) is 19.2 Å². The van der Waals surface area contributed by atoms with Crippen LogP contribution in [0.2, 0.25) is 0 Å². The van der Waals surface area contributed by atoms with Gasteiger partial charge in [-0.2, -0.15) is 0 Å². The maximum atomic E-state index is 12.3. The average Bonchev–Trinajstić information content (AvgIpc) is 2.81. The molecule has 0 saturated carbocycles. The molecule has 1 heterocycles. The van der Waals surface area contributed by atoms with Crippen molar-refractivity contribution in [2.75, 3.05) is 33.0 Å². The highest BCUT2D eigenvalue weighted by molar-refractivity contribution is 7.89. The van der Waals surface area contributed by atoms with Gasteiger partial charge in [-0.05, 0) is 38.6 Å². The molecule has 112 valence electrons. The lowest BCUT2D eigenvalue weighted by Gasteiger charge is -2.20. The number of nitrogens with one attached hydrogen (secondary N) is 1. The normalized spacial score (nSPS) is 20.2. The first-order chi connectivity index (χ1) is 9.44. The van der Waals surface area contributed by atoms with Gasteiger partial charge in [0.15, 0.2) is 0 Å².